The van der Waals surface area contributed by atoms with E-state index in [-0.39, 0.29) is 23.8 Å². The minimum atomic E-state index is -0.302. The smallest absolute Gasteiger partial charge is 0.245 e. The summed E-state index contributed by atoms with van der Waals surface area (Å²) in [5.41, 5.74) is 1.22. The van der Waals surface area contributed by atoms with Gasteiger partial charge in [0.05, 0.1) is 0 Å². The van der Waals surface area contributed by atoms with Gasteiger partial charge in [0.25, 0.3) is 0 Å². The number of amides is 2. The first-order valence-corrected chi connectivity index (χ1v) is 7.23. The van der Waals surface area contributed by atoms with Gasteiger partial charge in [-0.3, -0.25) is 9.59 Å². The highest BCUT2D eigenvalue weighted by Crippen LogP contribution is 2.24. The van der Waals surface area contributed by atoms with E-state index in [0.29, 0.717) is 12.5 Å². The highest BCUT2D eigenvalue weighted by molar-refractivity contribution is 5.92. The van der Waals surface area contributed by atoms with Crippen molar-refractivity contribution in [2.45, 2.75) is 58.5 Å². The maximum absolute atomic E-state index is 12.4. The summed E-state index contributed by atoms with van der Waals surface area (Å²) < 4.78 is 0. The Hall–Kier alpha value is -1.32. The zero-order valence-electron chi connectivity index (χ0n) is 12.1. The Morgan fingerprint density at radius 2 is 2.21 bits per heavy atom. The van der Waals surface area contributed by atoms with E-state index in [1.54, 1.807) is 0 Å². The lowest BCUT2D eigenvalue weighted by Gasteiger charge is -2.24. The highest BCUT2D eigenvalue weighted by atomic mass is 16.2. The molecule has 2 saturated heterocycles. The van der Waals surface area contributed by atoms with Gasteiger partial charge in [0, 0.05) is 18.5 Å². The van der Waals surface area contributed by atoms with Crippen LogP contribution in [0.25, 0.3) is 0 Å². The van der Waals surface area contributed by atoms with Crippen LogP contribution in [0, 0.1) is 5.92 Å². The second kappa shape index (κ2) is 5.76. The largest absolute Gasteiger partial charge is 0.344 e. The number of hydrogen-bond donors (Lipinski definition) is 1. The van der Waals surface area contributed by atoms with Crippen LogP contribution >= 0.6 is 0 Å². The van der Waals surface area contributed by atoms with Gasteiger partial charge in [-0.2, -0.15) is 0 Å². The van der Waals surface area contributed by atoms with Crippen LogP contribution in [0.5, 0.6) is 0 Å². The lowest BCUT2D eigenvalue weighted by atomic mass is 9.99. The molecule has 2 aliphatic rings. The molecule has 4 nitrogen and oxygen atoms in total. The topological polar surface area (TPSA) is 49.4 Å². The van der Waals surface area contributed by atoms with E-state index >= 15 is 0 Å². The van der Waals surface area contributed by atoms with E-state index in [0.717, 1.165) is 25.8 Å². The summed E-state index contributed by atoms with van der Waals surface area (Å²) in [7, 11) is 0. The molecule has 0 bridgehead atoms. The van der Waals surface area contributed by atoms with E-state index in [1.807, 2.05) is 18.7 Å². The normalized spacial score (nSPS) is 30.4. The van der Waals surface area contributed by atoms with Crippen LogP contribution in [0.2, 0.25) is 0 Å². The second-order valence-corrected chi connectivity index (χ2v) is 6.03. The molecule has 106 valence electrons. The average Bonchev–Trinajstić information content (AvgIpc) is 2.92. The maximum Gasteiger partial charge on any atom is 0.245 e. The Labute approximate surface area is 115 Å². The van der Waals surface area contributed by atoms with Crippen molar-refractivity contribution in [3.8, 4) is 0 Å². The monoisotopic (exact) mass is 264 g/mol. The Bertz CT molecular complexity index is 399. The molecule has 0 aromatic heterocycles. The molecule has 0 aliphatic carbocycles. The summed E-state index contributed by atoms with van der Waals surface area (Å²) in [5.74, 6) is 0.0995. The van der Waals surface area contributed by atoms with Crippen LogP contribution in [-0.2, 0) is 9.59 Å². The molecule has 0 spiro atoms. The molecule has 0 aromatic carbocycles. The molecule has 4 heteroatoms. The number of allylic oxidation sites excluding steroid dienone is 2. The van der Waals surface area contributed by atoms with Crippen molar-refractivity contribution in [3.63, 3.8) is 0 Å². The number of hydrogen-bond acceptors (Lipinski definition) is 2. The summed E-state index contributed by atoms with van der Waals surface area (Å²) >= 11 is 0. The van der Waals surface area contributed by atoms with E-state index in [4.69, 9.17) is 0 Å². The molecule has 0 radical (unpaired) electrons. The lowest BCUT2D eigenvalue weighted by molar-refractivity contribution is -0.134. The first-order valence-electron chi connectivity index (χ1n) is 7.23. The van der Waals surface area contributed by atoms with Gasteiger partial charge < -0.3 is 10.2 Å². The predicted octanol–water partition coefficient (Wildman–Crippen LogP) is 1.86. The Kier molecular flexibility index (Phi) is 4.27. The van der Waals surface area contributed by atoms with E-state index in [9.17, 15) is 9.59 Å². The summed E-state index contributed by atoms with van der Waals surface area (Å²) in [6.45, 7) is 6.98. The molecule has 2 rings (SSSR count). The van der Waals surface area contributed by atoms with Crippen molar-refractivity contribution in [3.05, 3.63) is 11.6 Å². The molecule has 0 saturated carbocycles. The van der Waals surface area contributed by atoms with Crippen LogP contribution in [0.3, 0.4) is 0 Å². The van der Waals surface area contributed by atoms with Crippen LogP contribution in [0.4, 0.5) is 0 Å². The highest BCUT2D eigenvalue weighted by Gasteiger charge is 2.39. The Balaban J connectivity index is 1.94. The molecular formula is C15H24N2O2. The van der Waals surface area contributed by atoms with Gasteiger partial charge in [-0.1, -0.05) is 11.6 Å². The van der Waals surface area contributed by atoms with Gasteiger partial charge in [-0.05, 0) is 46.5 Å². The summed E-state index contributed by atoms with van der Waals surface area (Å²) in [6.07, 6.45) is 5.62. The van der Waals surface area contributed by atoms with Crippen molar-refractivity contribution in [1.82, 2.24) is 10.2 Å². The molecule has 0 unspecified atom stereocenters. The van der Waals surface area contributed by atoms with E-state index < -0.39 is 0 Å². The number of carbonyl (C=O) groups is 2. The number of likely N-dealkylation sites (tertiary alicyclic amines) is 1. The number of nitrogens with zero attached hydrogens (tertiary/aromatic N) is 1. The average molecular weight is 264 g/mol. The summed E-state index contributed by atoms with van der Waals surface area (Å²) in [5, 5.41) is 2.87. The van der Waals surface area contributed by atoms with Crippen molar-refractivity contribution >= 4 is 11.8 Å². The molecule has 0 aromatic rings. The third kappa shape index (κ3) is 3.17. The predicted molar refractivity (Wildman–Crippen MR) is 74.5 cm³/mol. The minimum absolute atomic E-state index is 0.0303. The number of carbonyl (C=O) groups excluding carboxylic acids is 2. The lowest BCUT2D eigenvalue weighted by Crippen LogP contribution is -2.45. The first-order chi connectivity index (χ1) is 8.99. The third-order valence-corrected chi connectivity index (χ3v) is 4.15. The SMILES string of the molecule is CC(C)=CC[C@@H]1C[C@@H](C(=O)N2CCC[C@H]2C)NC1=O. The fourth-order valence-electron chi connectivity index (χ4n) is 2.94. The summed E-state index contributed by atoms with van der Waals surface area (Å²) in [4.78, 5) is 26.2. The van der Waals surface area contributed by atoms with E-state index in [2.05, 4.69) is 18.3 Å². The van der Waals surface area contributed by atoms with E-state index in [1.165, 1.54) is 5.57 Å². The Morgan fingerprint density at radius 3 is 2.79 bits per heavy atom. The van der Waals surface area contributed by atoms with Crippen LogP contribution in [-0.4, -0.2) is 35.3 Å². The van der Waals surface area contributed by atoms with Gasteiger partial charge in [0.2, 0.25) is 11.8 Å². The van der Waals surface area contributed by atoms with Crippen molar-refractivity contribution in [2.24, 2.45) is 5.92 Å². The second-order valence-electron chi connectivity index (χ2n) is 6.03. The van der Waals surface area contributed by atoms with Crippen molar-refractivity contribution < 1.29 is 9.59 Å². The first kappa shape index (κ1) is 14.1. The Morgan fingerprint density at radius 1 is 1.47 bits per heavy atom. The third-order valence-electron chi connectivity index (χ3n) is 4.15. The molecule has 2 amide bonds. The zero-order valence-corrected chi connectivity index (χ0v) is 12.1. The van der Waals surface area contributed by atoms with Crippen LogP contribution < -0.4 is 5.32 Å². The molecule has 3 atom stereocenters. The molecular weight excluding hydrogens is 240 g/mol. The minimum Gasteiger partial charge on any atom is -0.344 e. The molecule has 2 heterocycles. The van der Waals surface area contributed by atoms with Crippen LogP contribution in [0.15, 0.2) is 11.6 Å². The number of rotatable bonds is 3. The van der Waals surface area contributed by atoms with Gasteiger partial charge in [-0.25, -0.2) is 0 Å². The van der Waals surface area contributed by atoms with Gasteiger partial charge in [-0.15, -0.1) is 0 Å². The zero-order chi connectivity index (χ0) is 14.0. The van der Waals surface area contributed by atoms with Crippen LogP contribution in [0.1, 0.15) is 46.5 Å². The number of nitrogens with one attached hydrogen (secondary N) is 1. The quantitative estimate of drug-likeness (QED) is 0.791. The molecule has 2 aliphatic heterocycles. The fourth-order valence-corrected chi connectivity index (χ4v) is 2.94. The maximum atomic E-state index is 12.4. The van der Waals surface area contributed by atoms with Gasteiger partial charge in [0.15, 0.2) is 0 Å². The fraction of sp³-hybridized carbons (Fsp3) is 0.733. The van der Waals surface area contributed by atoms with Crippen molar-refractivity contribution in [2.75, 3.05) is 6.54 Å². The molecule has 2 fully saturated rings. The molecule has 19 heavy (non-hydrogen) atoms. The van der Waals surface area contributed by atoms with Gasteiger partial charge >= 0.3 is 0 Å². The van der Waals surface area contributed by atoms with Gasteiger partial charge in [0.1, 0.15) is 6.04 Å². The standard InChI is InChI=1S/C15H24N2O2/c1-10(2)6-7-12-9-13(16-14(12)18)15(19)17-8-4-5-11(17)3/h6,11-13H,4-5,7-9H2,1-3H3,(H,16,18)/t11-,12-,13+/m1/s1. The van der Waals surface area contributed by atoms with Crippen molar-refractivity contribution in [1.29, 1.82) is 0 Å². The summed E-state index contributed by atoms with van der Waals surface area (Å²) in [6, 6.07) is 0.0184. The molecule has 1 N–H and O–H groups in total.